The highest BCUT2D eigenvalue weighted by Gasteiger charge is 2.44. The number of fused-ring (bicyclic) bond motifs is 4. The summed E-state index contributed by atoms with van der Waals surface area (Å²) >= 11 is 0. The van der Waals surface area contributed by atoms with E-state index in [2.05, 4.69) is 10.2 Å². The Balaban J connectivity index is 1.44. The summed E-state index contributed by atoms with van der Waals surface area (Å²) in [7, 11) is 0. The fourth-order valence-corrected chi connectivity index (χ4v) is 4.62. The molecular formula is C19H25N3O2. The molecule has 128 valence electrons. The number of carbonyl (C=O) groups is 2. The number of nitrogens with one attached hydrogen (secondary N) is 1. The summed E-state index contributed by atoms with van der Waals surface area (Å²) in [6, 6.07) is 8.23. The predicted octanol–water partition coefficient (Wildman–Crippen LogP) is 2.86. The normalized spacial score (nSPS) is 29.2. The molecule has 0 unspecified atom stereocenters. The van der Waals surface area contributed by atoms with Crippen LogP contribution >= 0.6 is 0 Å². The van der Waals surface area contributed by atoms with Gasteiger partial charge in [-0.1, -0.05) is 17.7 Å². The van der Waals surface area contributed by atoms with Crippen LogP contribution in [0.3, 0.4) is 0 Å². The molecule has 3 amide bonds. The van der Waals surface area contributed by atoms with Crippen molar-refractivity contribution in [1.29, 1.82) is 0 Å². The summed E-state index contributed by atoms with van der Waals surface area (Å²) in [4.78, 5) is 28.9. The van der Waals surface area contributed by atoms with E-state index in [0.717, 1.165) is 44.6 Å². The van der Waals surface area contributed by atoms with E-state index in [1.807, 2.05) is 36.1 Å². The third kappa shape index (κ3) is 2.87. The Labute approximate surface area is 143 Å². The second kappa shape index (κ2) is 6.11. The van der Waals surface area contributed by atoms with Gasteiger partial charge in [-0.05, 0) is 50.2 Å². The van der Waals surface area contributed by atoms with Crippen molar-refractivity contribution in [2.45, 2.75) is 38.6 Å². The highest BCUT2D eigenvalue weighted by Crippen LogP contribution is 2.38. The second-order valence-electron chi connectivity index (χ2n) is 7.57. The Kier molecular flexibility index (Phi) is 3.94. The molecule has 3 aliphatic heterocycles. The number of carbonyl (C=O) groups excluding carboxylic acids is 2. The highest BCUT2D eigenvalue weighted by atomic mass is 16.2. The molecule has 1 aromatic carbocycles. The molecule has 1 N–H and O–H groups in total. The maximum atomic E-state index is 12.6. The largest absolute Gasteiger partial charge is 0.339 e. The van der Waals surface area contributed by atoms with E-state index in [1.54, 1.807) is 0 Å². The number of anilines is 1. The summed E-state index contributed by atoms with van der Waals surface area (Å²) in [5, 5.41) is 3.02. The van der Waals surface area contributed by atoms with E-state index < -0.39 is 0 Å². The Hall–Kier alpha value is -2.04. The maximum Gasteiger partial charge on any atom is 0.321 e. The molecule has 24 heavy (non-hydrogen) atoms. The second-order valence-corrected chi connectivity index (χ2v) is 7.57. The Morgan fingerprint density at radius 3 is 2.75 bits per heavy atom. The summed E-state index contributed by atoms with van der Waals surface area (Å²) in [5.74, 6) is 1.18. The van der Waals surface area contributed by atoms with Crippen LogP contribution in [0.5, 0.6) is 0 Å². The molecule has 0 spiro atoms. The number of likely N-dealkylation sites (tertiary alicyclic amines) is 1. The lowest BCUT2D eigenvalue weighted by Crippen LogP contribution is -2.61. The molecule has 5 heteroatoms. The van der Waals surface area contributed by atoms with Crippen molar-refractivity contribution in [3.8, 4) is 0 Å². The minimum atomic E-state index is -0.0101. The first kappa shape index (κ1) is 15.5. The van der Waals surface area contributed by atoms with Crippen molar-refractivity contribution in [2.75, 3.05) is 25.0 Å². The Morgan fingerprint density at radius 2 is 1.96 bits per heavy atom. The van der Waals surface area contributed by atoms with E-state index in [0.29, 0.717) is 30.2 Å². The predicted molar refractivity (Wildman–Crippen MR) is 92.7 cm³/mol. The summed E-state index contributed by atoms with van der Waals surface area (Å²) in [6.45, 7) is 4.39. The minimum absolute atomic E-state index is 0.0101. The molecule has 1 aromatic rings. The summed E-state index contributed by atoms with van der Waals surface area (Å²) in [5.41, 5.74) is 2.03. The van der Waals surface area contributed by atoms with Crippen LogP contribution in [0.15, 0.2) is 24.3 Å². The first-order chi connectivity index (χ1) is 11.6. The summed E-state index contributed by atoms with van der Waals surface area (Å²) in [6.07, 6.45) is 3.95. The third-order valence-electron chi connectivity index (χ3n) is 5.77. The third-order valence-corrected chi connectivity index (χ3v) is 5.77. The van der Waals surface area contributed by atoms with Gasteiger partial charge >= 0.3 is 6.03 Å². The number of piperidine rings is 3. The molecule has 3 atom stereocenters. The van der Waals surface area contributed by atoms with Crippen LogP contribution in [0.2, 0.25) is 0 Å². The topological polar surface area (TPSA) is 52.7 Å². The lowest BCUT2D eigenvalue weighted by Gasteiger charge is -2.52. The van der Waals surface area contributed by atoms with Crippen LogP contribution < -0.4 is 5.32 Å². The zero-order chi connectivity index (χ0) is 16.7. The molecule has 3 fully saturated rings. The van der Waals surface area contributed by atoms with Crippen LogP contribution in [0, 0.1) is 18.8 Å². The maximum absolute atomic E-state index is 12.6. The zero-order valence-corrected chi connectivity index (χ0v) is 14.2. The lowest BCUT2D eigenvalue weighted by molar-refractivity contribution is -0.144. The molecule has 0 saturated carbocycles. The van der Waals surface area contributed by atoms with Gasteiger partial charge in [0.15, 0.2) is 0 Å². The Morgan fingerprint density at radius 1 is 1.17 bits per heavy atom. The molecule has 3 aliphatic rings. The number of hydrogen-bond donors (Lipinski definition) is 1. The van der Waals surface area contributed by atoms with Crippen LogP contribution in [0.4, 0.5) is 10.5 Å². The van der Waals surface area contributed by atoms with Crippen molar-refractivity contribution >= 4 is 17.6 Å². The first-order valence-corrected chi connectivity index (χ1v) is 9.02. The quantitative estimate of drug-likeness (QED) is 0.862. The fraction of sp³-hybridized carbons (Fsp3) is 0.579. The average molecular weight is 327 g/mol. The van der Waals surface area contributed by atoms with E-state index in [1.165, 1.54) is 5.56 Å². The number of hydrogen-bond acceptors (Lipinski definition) is 2. The average Bonchev–Trinajstić information content (AvgIpc) is 2.58. The highest BCUT2D eigenvalue weighted by molar-refractivity contribution is 5.89. The number of aryl methyl sites for hydroxylation is 1. The molecule has 0 aliphatic carbocycles. The molecule has 5 nitrogen and oxygen atoms in total. The van der Waals surface area contributed by atoms with Crippen LogP contribution in [-0.4, -0.2) is 47.4 Å². The van der Waals surface area contributed by atoms with Crippen LogP contribution in [0.1, 0.15) is 31.2 Å². The molecule has 2 bridgehead atoms. The monoisotopic (exact) mass is 327 g/mol. The minimum Gasteiger partial charge on any atom is -0.339 e. The van der Waals surface area contributed by atoms with Gasteiger partial charge in [0.05, 0.1) is 0 Å². The van der Waals surface area contributed by atoms with Crippen molar-refractivity contribution in [3.05, 3.63) is 29.8 Å². The number of benzene rings is 1. The number of nitrogens with zero attached hydrogens (tertiary/aromatic N) is 2. The molecule has 3 heterocycles. The smallest absolute Gasteiger partial charge is 0.321 e. The van der Waals surface area contributed by atoms with Crippen molar-refractivity contribution in [3.63, 3.8) is 0 Å². The standard InChI is InChI=1S/C19H25N3O2/c1-13-5-7-16(8-6-13)20-19(24)21-10-14-9-15(12-21)17-3-2-4-18(23)22(17)11-14/h5-8,14-15,17H,2-4,9-12H2,1H3,(H,20,24)/t14-,15-,17-/m1/s1. The van der Waals surface area contributed by atoms with E-state index in [4.69, 9.17) is 0 Å². The molecule has 0 aromatic heterocycles. The summed E-state index contributed by atoms with van der Waals surface area (Å²) < 4.78 is 0. The van der Waals surface area contributed by atoms with E-state index in [-0.39, 0.29) is 6.03 Å². The zero-order valence-electron chi connectivity index (χ0n) is 14.2. The van der Waals surface area contributed by atoms with Gasteiger partial charge in [0, 0.05) is 37.8 Å². The van der Waals surface area contributed by atoms with Gasteiger partial charge in [-0.2, -0.15) is 0 Å². The Bertz CT molecular complexity index is 643. The lowest BCUT2D eigenvalue weighted by atomic mass is 9.76. The van der Waals surface area contributed by atoms with E-state index in [9.17, 15) is 9.59 Å². The van der Waals surface area contributed by atoms with Crippen LogP contribution in [0.25, 0.3) is 0 Å². The molecule has 3 saturated heterocycles. The van der Waals surface area contributed by atoms with Crippen molar-refractivity contribution < 1.29 is 9.59 Å². The van der Waals surface area contributed by atoms with Gasteiger partial charge in [0.1, 0.15) is 0 Å². The van der Waals surface area contributed by atoms with Crippen molar-refractivity contribution in [2.24, 2.45) is 11.8 Å². The van der Waals surface area contributed by atoms with Gasteiger partial charge in [-0.3, -0.25) is 4.79 Å². The molecule has 0 radical (unpaired) electrons. The fourth-order valence-electron chi connectivity index (χ4n) is 4.62. The molecular weight excluding hydrogens is 302 g/mol. The first-order valence-electron chi connectivity index (χ1n) is 9.02. The number of rotatable bonds is 1. The van der Waals surface area contributed by atoms with Gasteiger partial charge < -0.3 is 15.1 Å². The van der Waals surface area contributed by atoms with Crippen molar-refractivity contribution in [1.82, 2.24) is 9.80 Å². The number of urea groups is 1. The number of amides is 3. The van der Waals surface area contributed by atoms with E-state index >= 15 is 0 Å². The SMILES string of the molecule is Cc1ccc(NC(=O)N2C[C@H]3C[C@H](C2)[C@H]2CCCC(=O)N2C3)cc1. The van der Waals surface area contributed by atoms with Gasteiger partial charge in [-0.25, -0.2) is 4.79 Å². The van der Waals surface area contributed by atoms with Crippen LogP contribution in [-0.2, 0) is 4.79 Å². The van der Waals surface area contributed by atoms with Gasteiger partial charge in [-0.15, -0.1) is 0 Å². The molecule has 4 rings (SSSR count). The van der Waals surface area contributed by atoms with Gasteiger partial charge in [0.2, 0.25) is 5.91 Å². The van der Waals surface area contributed by atoms with Gasteiger partial charge in [0.25, 0.3) is 0 Å².